The third kappa shape index (κ3) is 3.78. The number of hydrogen-bond donors (Lipinski definition) is 2. The Kier molecular flexibility index (Phi) is 4.55. The zero-order valence-corrected chi connectivity index (χ0v) is 11.7. The summed E-state index contributed by atoms with van der Waals surface area (Å²) in [5.41, 5.74) is 0.976. The number of hydrogen-bond acceptors (Lipinski definition) is 3. The number of carbonyl (C=O) groups excluding carboxylic acids is 1. The molecule has 0 bridgehead atoms. The molecule has 0 radical (unpaired) electrons. The third-order valence-corrected chi connectivity index (χ3v) is 3.50. The molecule has 19 heavy (non-hydrogen) atoms. The Bertz CT molecular complexity index is 474. The molecular weight excluding hydrogens is 314 g/mol. The van der Waals surface area contributed by atoms with E-state index in [-0.39, 0.29) is 5.91 Å². The molecule has 0 aromatic heterocycles. The zero-order valence-electron chi connectivity index (χ0n) is 10.1. The third-order valence-electron chi connectivity index (χ3n) is 2.97. The molecule has 1 fully saturated rings. The van der Waals surface area contributed by atoms with Crippen molar-refractivity contribution in [2.24, 2.45) is 0 Å². The zero-order chi connectivity index (χ0) is 13.8. The number of halogens is 1. The molecule has 1 heterocycles. The number of carboxylic acid groups (broad SMARTS) is 1. The van der Waals surface area contributed by atoms with Crippen molar-refractivity contribution < 1.29 is 19.4 Å². The second kappa shape index (κ2) is 6.16. The van der Waals surface area contributed by atoms with Gasteiger partial charge in [-0.05, 0) is 30.5 Å². The Hall–Kier alpha value is -1.40. The second-order valence-corrected chi connectivity index (χ2v) is 5.29. The van der Waals surface area contributed by atoms with Gasteiger partial charge in [0.05, 0.1) is 0 Å². The lowest BCUT2D eigenvalue weighted by Crippen LogP contribution is -2.35. The van der Waals surface area contributed by atoms with Gasteiger partial charge in [0.1, 0.15) is 6.10 Å². The van der Waals surface area contributed by atoms with Gasteiger partial charge in [-0.3, -0.25) is 4.79 Å². The first kappa shape index (κ1) is 14.0. The van der Waals surface area contributed by atoms with E-state index in [1.54, 1.807) is 0 Å². The number of ether oxygens (including phenoxy) is 1. The van der Waals surface area contributed by atoms with Gasteiger partial charge in [0.2, 0.25) is 5.91 Å². The molecule has 1 aliphatic heterocycles. The quantitative estimate of drug-likeness (QED) is 0.882. The summed E-state index contributed by atoms with van der Waals surface area (Å²) >= 11 is 3.34. The molecule has 1 aromatic rings. The topological polar surface area (TPSA) is 75.6 Å². The van der Waals surface area contributed by atoms with Crippen LogP contribution in [0.25, 0.3) is 0 Å². The molecule has 2 unspecified atom stereocenters. The summed E-state index contributed by atoms with van der Waals surface area (Å²) < 4.78 is 6.15. The average Bonchev–Trinajstić information content (AvgIpc) is 2.87. The second-order valence-electron chi connectivity index (χ2n) is 4.37. The number of carbonyl (C=O) groups is 2. The van der Waals surface area contributed by atoms with Crippen LogP contribution in [-0.2, 0) is 20.9 Å². The van der Waals surface area contributed by atoms with E-state index in [0.717, 1.165) is 10.0 Å². The highest BCUT2D eigenvalue weighted by Gasteiger charge is 2.34. The highest BCUT2D eigenvalue weighted by Crippen LogP contribution is 2.20. The number of carboxylic acids is 1. The van der Waals surface area contributed by atoms with Crippen molar-refractivity contribution in [2.75, 3.05) is 0 Å². The van der Waals surface area contributed by atoms with Crippen LogP contribution in [0, 0.1) is 0 Å². The van der Waals surface area contributed by atoms with Gasteiger partial charge in [-0.25, -0.2) is 4.79 Å². The van der Waals surface area contributed by atoms with Crippen LogP contribution < -0.4 is 5.32 Å². The van der Waals surface area contributed by atoms with Crippen LogP contribution in [0.2, 0.25) is 0 Å². The van der Waals surface area contributed by atoms with Crippen molar-refractivity contribution in [3.63, 3.8) is 0 Å². The molecule has 2 N–H and O–H groups in total. The van der Waals surface area contributed by atoms with Crippen molar-refractivity contribution in [3.05, 3.63) is 34.3 Å². The predicted octanol–water partition coefficient (Wildman–Crippen LogP) is 1.70. The summed E-state index contributed by atoms with van der Waals surface area (Å²) in [7, 11) is 0. The fourth-order valence-electron chi connectivity index (χ4n) is 1.92. The lowest BCUT2D eigenvalue weighted by molar-refractivity contribution is -0.151. The van der Waals surface area contributed by atoms with Crippen LogP contribution >= 0.6 is 15.9 Å². The van der Waals surface area contributed by atoms with Gasteiger partial charge >= 0.3 is 5.97 Å². The molecule has 0 saturated carbocycles. The molecular formula is C13H14BrNO4. The Balaban J connectivity index is 1.82. The molecule has 2 rings (SSSR count). The highest BCUT2D eigenvalue weighted by molar-refractivity contribution is 9.10. The van der Waals surface area contributed by atoms with E-state index in [1.165, 1.54) is 0 Å². The van der Waals surface area contributed by atoms with Gasteiger partial charge in [-0.15, -0.1) is 0 Å². The lowest BCUT2D eigenvalue weighted by Gasteiger charge is -2.11. The van der Waals surface area contributed by atoms with Gasteiger partial charge in [0.25, 0.3) is 0 Å². The molecule has 0 spiro atoms. The molecule has 1 aliphatic rings. The molecule has 1 saturated heterocycles. The predicted molar refractivity (Wildman–Crippen MR) is 71.5 cm³/mol. The van der Waals surface area contributed by atoms with E-state index in [2.05, 4.69) is 21.2 Å². The summed E-state index contributed by atoms with van der Waals surface area (Å²) in [5, 5.41) is 11.5. The van der Waals surface area contributed by atoms with Gasteiger partial charge < -0.3 is 15.2 Å². The van der Waals surface area contributed by atoms with Crippen LogP contribution in [0.3, 0.4) is 0 Å². The van der Waals surface area contributed by atoms with Crippen molar-refractivity contribution in [1.29, 1.82) is 0 Å². The summed E-state index contributed by atoms with van der Waals surface area (Å²) in [5.74, 6) is -1.27. The lowest BCUT2D eigenvalue weighted by atomic mass is 10.2. The van der Waals surface area contributed by atoms with Crippen molar-refractivity contribution >= 4 is 27.8 Å². The molecule has 0 aliphatic carbocycles. The first-order chi connectivity index (χ1) is 9.06. The van der Waals surface area contributed by atoms with Gasteiger partial charge in [-0.1, -0.05) is 28.1 Å². The maximum Gasteiger partial charge on any atom is 0.332 e. The Morgan fingerprint density at radius 3 is 2.47 bits per heavy atom. The molecule has 6 heteroatoms. The number of nitrogens with one attached hydrogen (secondary N) is 1. The van der Waals surface area contributed by atoms with E-state index in [1.807, 2.05) is 24.3 Å². The van der Waals surface area contributed by atoms with Crippen LogP contribution in [-0.4, -0.2) is 29.2 Å². The highest BCUT2D eigenvalue weighted by atomic mass is 79.9. The monoisotopic (exact) mass is 327 g/mol. The number of rotatable bonds is 4. The Morgan fingerprint density at radius 2 is 1.89 bits per heavy atom. The van der Waals surface area contributed by atoms with E-state index in [9.17, 15) is 9.59 Å². The fraction of sp³-hybridized carbons (Fsp3) is 0.385. The molecule has 1 amide bonds. The first-order valence-electron chi connectivity index (χ1n) is 5.96. The van der Waals surface area contributed by atoms with Crippen molar-refractivity contribution in [3.8, 4) is 0 Å². The van der Waals surface area contributed by atoms with Crippen molar-refractivity contribution in [1.82, 2.24) is 5.32 Å². The molecule has 5 nitrogen and oxygen atoms in total. The van der Waals surface area contributed by atoms with Crippen LogP contribution in [0.4, 0.5) is 0 Å². The van der Waals surface area contributed by atoms with Gasteiger partial charge in [0, 0.05) is 11.0 Å². The van der Waals surface area contributed by atoms with E-state index in [4.69, 9.17) is 9.84 Å². The van der Waals surface area contributed by atoms with Crippen molar-refractivity contribution in [2.45, 2.75) is 31.6 Å². The molecule has 102 valence electrons. The van der Waals surface area contributed by atoms with E-state index >= 15 is 0 Å². The number of aliphatic carboxylic acids is 1. The Labute approximate surface area is 119 Å². The van der Waals surface area contributed by atoms with Gasteiger partial charge in [-0.2, -0.15) is 0 Å². The minimum Gasteiger partial charge on any atom is -0.479 e. The minimum atomic E-state index is -1.01. The molecule has 2 atom stereocenters. The summed E-state index contributed by atoms with van der Waals surface area (Å²) in [6, 6.07) is 7.60. The van der Waals surface area contributed by atoms with Gasteiger partial charge in [0.15, 0.2) is 6.10 Å². The summed E-state index contributed by atoms with van der Waals surface area (Å²) in [6.45, 7) is 0.406. The van der Waals surface area contributed by atoms with Crippen LogP contribution in [0.15, 0.2) is 28.7 Å². The van der Waals surface area contributed by atoms with Crippen LogP contribution in [0.5, 0.6) is 0 Å². The molecule has 1 aromatic carbocycles. The fourth-order valence-corrected chi connectivity index (χ4v) is 2.18. The normalized spacial score (nSPS) is 22.2. The van der Waals surface area contributed by atoms with E-state index in [0.29, 0.717) is 19.4 Å². The summed E-state index contributed by atoms with van der Waals surface area (Å²) in [4.78, 5) is 22.5. The smallest absolute Gasteiger partial charge is 0.332 e. The van der Waals surface area contributed by atoms with Crippen LogP contribution in [0.1, 0.15) is 18.4 Å². The largest absolute Gasteiger partial charge is 0.479 e. The maximum atomic E-state index is 11.8. The first-order valence-corrected chi connectivity index (χ1v) is 6.76. The van der Waals surface area contributed by atoms with E-state index < -0.39 is 18.2 Å². The standard InChI is InChI=1S/C13H14BrNO4/c14-9-3-1-8(2-4-9)7-15-12(16)10-5-6-11(19-10)13(17)18/h1-4,10-11H,5-7H2,(H,15,16)(H,17,18). The maximum absolute atomic E-state index is 11.8. The Morgan fingerprint density at radius 1 is 1.26 bits per heavy atom. The SMILES string of the molecule is O=C(O)C1CCC(C(=O)NCc2ccc(Br)cc2)O1. The average molecular weight is 328 g/mol. The number of amides is 1. The summed E-state index contributed by atoms with van der Waals surface area (Å²) in [6.07, 6.45) is -0.686. The minimum absolute atomic E-state index is 0.258. The number of benzene rings is 1.